The van der Waals surface area contributed by atoms with Crippen LogP contribution in [0.25, 0.3) is 0 Å². The summed E-state index contributed by atoms with van der Waals surface area (Å²) in [6.07, 6.45) is 13.0. The van der Waals surface area contributed by atoms with Gasteiger partial charge in [0.15, 0.2) is 0 Å². The van der Waals surface area contributed by atoms with Gasteiger partial charge in [-0.3, -0.25) is 4.79 Å². The van der Waals surface area contributed by atoms with Crippen molar-refractivity contribution in [2.45, 2.75) is 57.4 Å². The van der Waals surface area contributed by atoms with E-state index in [0.717, 1.165) is 36.8 Å². The van der Waals surface area contributed by atoms with Crippen LogP contribution in [-0.4, -0.2) is 41.6 Å². The van der Waals surface area contributed by atoms with Crippen molar-refractivity contribution < 1.29 is 9.53 Å². The van der Waals surface area contributed by atoms with Gasteiger partial charge in [0.05, 0.1) is 18.8 Å². The van der Waals surface area contributed by atoms with Crippen molar-refractivity contribution in [3.8, 4) is 12.8 Å². The van der Waals surface area contributed by atoms with Crippen molar-refractivity contribution in [2.75, 3.05) is 18.9 Å². The van der Waals surface area contributed by atoms with Gasteiger partial charge in [-0.25, -0.2) is 0 Å². The van der Waals surface area contributed by atoms with Gasteiger partial charge in [0.2, 0.25) is 6.41 Å². The number of rotatable bonds is 4. The Bertz CT molecular complexity index is 605. The van der Waals surface area contributed by atoms with E-state index in [4.69, 9.17) is 4.74 Å². The second-order valence-electron chi connectivity index (χ2n) is 6.84. The summed E-state index contributed by atoms with van der Waals surface area (Å²) < 4.78 is 5.52. The smallest absolute Gasteiger partial charge is 0.210 e. The van der Waals surface area contributed by atoms with E-state index in [1.165, 1.54) is 29.7 Å². The maximum absolute atomic E-state index is 11.0. The lowest BCUT2D eigenvalue weighted by Crippen LogP contribution is -2.34. The molecule has 1 fully saturated rings. The van der Waals surface area contributed by atoms with Crippen LogP contribution in [-0.2, 0) is 16.0 Å². The molecule has 0 aliphatic carbocycles. The highest BCUT2D eigenvalue weighted by molar-refractivity contribution is 7.99. The summed E-state index contributed by atoms with van der Waals surface area (Å²) in [5, 5.41) is 0.779. The molecule has 148 valence electrons. The maximum Gasteiger partial charge on any atom is 0.210 e. The number of thioether (sulfide) groups is 1. The monoisotopic (exact) mass is 387 g/mol. The number of nitrogens with zero attached hydrogens (tertiary/aromatic N) is 1. The molecule has 27 heavy (non-hydrogen) atoms. The number of hydrogen-bond donors (Lipinski definition) is 0. The van der Waals surface area contributed by atoms with Crippen molar-refractivity contribution in [3.05, 3.63) is 47.5 Å². The number of carbonyl (C=O) groups is 1. The molecule has 4 heteroatoms. The molecule has 1 aromatic carbocycles. The van der Waals surface area contributed by atoms with E-state index in [9.17, 15) is 4.79 Å². The van der Waals surface area contributed by atoms with Gasteiger partial charge in [-0.2, -0.15) is 11.8 Å². The van der Waals surface area contributed by atoms with Gasteiger partial charge in [0, 0.05) is 11.8 Å². The topological polar surface area (TPSA) is 29.5 Å². The average molecular weight is 388 g/mol. The van der Waals surface area contributed by atoms with Gasteiger partial charge < -0.3 is 9.64 Å². The third-order valence-electron chi connectivity index (χ3n) is 4.79. The minimum Gasteiger partial charge on any atom is -0.377 e. The van der Waals surface area contributed by atoms with Gasteiger partial charge in [0.25, 0.3) is 0 Å². The van der Waals surface area contributed by atoms with Crippen LogP contribution in [0.5, 0.6) is 0 Å². The van der Waals surface area contributed by atoms with E-state index < -0.39 is 0 Å². The van der Waals surface area contributed by atoms with Crippen LogP contribution in [0.4, 0.5) is 0 Å². The molecular formula is C23H33NO2S. The van der Waals surface area contributed by atoms with Crippen molar-refractivity contribution >= 4 is 18.2 Å². The minimum atomic E-state index is 0.0625. The second kappa shape index (κ2) is 12.6. The van der Waals surface area contributed by atoms with E-state index in [-0.39, 0.29) is 6.04 Å². The standard InChI is InChI=1S/C13H15NO.C8H16OS.C2H2/c1-10(2)13-12-6-4-3-5-11(12)7-8-14(13)9-15;1-3-10-8-5-4-7(2)9-6-8;1-2/h3-6,9,13H,1,7-8H2,2H3;7-8H,3-6H2,1-2H3;1-2H/t13-;7-,8?;/m00./s1. The van der Waals surface area contributed by atoms with Crippen molar-refractivity contribution in [3.63, 3.8) is 0 Å². The average Bonchev–Trinajstić information content (AvgIpc) is 2.71. The Hall–Kier alpha value is -1.70. The van der Waals surface area contributed by atoms with Crippen LogP contribution in [0.1, 0.15) is 50.8 Å². The summed E-state index contributed by atoms with van der Waals surface area (Å²) >= 11 is 2.03. The van der Waals surface area contributed by atoms with Crippen LogP contribution in [0, 0.1) is 12.8 Å². The number of carbonyl (C=O) groups excluding carboxylic acids is 1. The quantitative estimate of drug-likeness (QED) is 0.419. The lowest BCUT2D eigenvalue weighted by Gasteiger charge is -2.35. The Morgan fingerprint density at radius 1 is 1.37 bits per heavy atom. The Morgan fingerprint density at radius 3 is 2.63 bits per heavy atom. The highest BCUT2D eigenvalue weighted by Crippen LogP contribution is 2.32. The summed E-state index contributed by atoms with van der Waals surface area (Å²) in [4.78, 5) is 12.8. The molecule has 1 aromatic rings. The number of fused-ring (bicyclic) bond motifs is 1. The second-order valence-corrected chi connectivity index (χ2v) is 8.42. The summed E-state index contributed by atoms with van der Waals surface area (Å²) in [5.41, 5.74) is 3.58. The van der Waals surface area contributed by atoms with Gasteiger partial charge >= 0.3 is 0 Å². The van der Waals surface area contributed by atoms with Crippen molar-refractivity contribution in [1.82, 2.24) is 4.90 Å². The summed E-state index contributed by atoms with van der Waals surface area (Å²) in [6, 6.07) is 8.35. The zero-order chi connectivity index (χ0) is 20.2. The highest BCUT2D eigenvalue weighted by Gasteiger charge is 2.26. The zero-order valence-corrected chi connectivity index (χ0v) is 17.7. The molecule has 0 saturated carbocycles. The van der Waals surface area contributed by atoms with E-state index in [2.05, 4.69) is 45.4 Å². The summed E-state index contributed by atoms with van der Waals surface area (Å²) in [6.45, 7) is 12.1. The Morgan fingerprint density at radius 2 is 2.07 bits per heavy atom. The molecule has 1 amide bonds. The predicted molar refractivity (Wildman–Crippen MR) is 117 cm³/mol. The van der Waals surface area contributed by atoms with E-state index in [1.807, 2.05) is 35.7 Å². The first kappa shape index (κ1) is 23.3. The van der Waals surface area contributed by atoms with E-state index in [0.29, 0.717) is 6.10 Å². The minimum absolute atomic E-state index is 0.0625. The number of terminal acetylenes is 1. The van der Waals surface area contributed by atoms with Crippen LogP contribution < -0.4 is 0 Å². The molecule has 1 saturated heterocycles. The first-order valence-electron chi connectivity index (χ1n) is 9.57. The SMILES string of the molecule is C#C.C=C(C)[C@H]1c2ccccc2CCN1C=O.CCSC1CC[C@H](C)OC1. The molecule has 2 aliphatic rings. The number of hydrogen-bond acceptors (Lipinski definition) is 3. The fourth-order valence-corrected chi connectivity index (χ4v) is 4.42. The number of benzene rings is 1. The zero-order valence-electron chi connectivity index (χ0n) is 16.9. The molecule has 0 bridgehead atoms. The van der Waals surface area contributed by atoms with Gasteiger partial charge in [-0.15, -0.1) is 12.8 Å². The molecule has 2 aliphatic heterocycles. The molecule has 0 aromatic heterocycles. The number of amides is 1. The first-order valence-corrected chi connectivity index (χ1v) is 10.6. The summed E-state index contributed by atoms with van der Waals surface area (Å²) in [5.74, 6) is 1.22. The highest BCUT2D eigenvalue weighted by atomic mass is 32.2. The van der Waals surface area contributed by atoms with Crippen molar-refractivity contribution in [1.29, 1.82) is 0 Å². The fourth-order valence-electron chi connectivity index (χ4n) is 3.47. The third-order valence-corrected chi connectivity index (χ3v) is 5.96. The molecule has 0 radical (unpaired) electrons. The van der Waals surface area contributed by atoms with Gasteiger partial charge in [0.1, 0.15) is 0 Å². The molecule has 1 unspecified atom stereocenters. The molecule has 3 atom stereocenters. The molecule has 2 heterocycles. The number of ether oxygens (including phenoxy) is 1. The molecule has 0 N–H and O–H groups in total. The normalized spacial score (nSPS) is 23.6. The summed E-state index contributed by atoms with van der Waals surface area (Å²) in [7, 11) is 0. The molecule has 3 rings (SSSR count). The Balaban J connectivity index is 0.000000265. The first-order chi connectivity index (χ1) is 13.1. The lowest BCUT2D eigenvalue weighted by molar-refractivity contribution is -0.120. The fraction of sp³-hybridized carbons (Fsp3) is 0.522. The van der Waals surface area contributed by atoms with Crippen LogP contribution in [0.3, 0.4) is 0 Å². The Labute approximate surface area is 169 Å². The molecule has 3 nitrogen and oxygen atoms in total. The van der Waals surface area contributed by atoms with Gasteiger partial charge in [-0.05, 0) is 50.0 Å². The van der Waals surface area contributed by atoms with Crippen LogP contribution in [0.15, 0.2) is 36.4 Å². The largest absolute Gasteiger partial charge is 0.377 e. The van der Waals surface area contributed by atoms with Crippen LogP contribution >= 0.6 is 11.8 Å². The van der Waals surface area contributed by atoms with Crippen molar-refractivity contribution in [2.24, 2.45) is 0 Å². The predicted octanol–water partition coefficient (Wildman–Crippen LogP) is 4.87. The molecular weight excluding hydrogens is 354 g/mol. The van der Waals surface area contributed by atoms with E-state index in [1.54, 1.807) is 0 Å². The van der Waals surface area contributed by atoms with Crippen LogP contribution in [0.2, 0.25) is 0 Å². The lowest BCUT2D eigenvalue weighted by atomic mass is 9.89. The van der Waals surface area contributed by atoms with E-state index >= 15 is 0 Å². The Kier molecular flexibility index (Phi) is 10.9. The third kappa shape index (κ3) is 7.08. The van der Waals surface area contributed by atoms with Gasteiger partial charge in [-0.1, -0.05) is 43.3 Å². The molecule has 0 spiro atoms. The maximum atomic E-state index is 11.0.